The largest absolute Gasteiger partial charge is 0.481 e. The normalized spacial score (nSPS) is 20.4. The standard InChI is InChI=1S/C19H25NO4/c21-17(20-8-10-24-11-9-20)12-16(18(22)23)14-19(6-7-19)13-15-4-2-1-3-5-15/h1-5,16H,6-14H2,(H,22,23)/t16-/m0/s1. The number of nitrogens with zero attached hydrogens (tertiary/aromatic N) is 1. The SMILES string of the molecule is O=C(O)[C@@H](CC(=O)N1CCOCC1)CC1(Cc2ccccc2)CC1. The number of hydrogen-bond acceptors (Lipinski definition) is 3. The van der Waals surface area contributed by atoms with E-state index in [1.54, 1.807) is 4.90 Å². The number of carbonyl (C=O) groups excluding carboxylic acids is 1. The molecule has 0 unspecified atom stereocenters. The van der Waals surface area contributed by atoms with Gasteiger partial charge in [-0.1, -0.05) is 30.3 Å². The van der Waals surface area contributed by atoms with Crippen LogP contribution in [0.15, 0.2) is 30.3 Å². The Kier molecular flexibility index (Phi) is 5.19. The highest BCUT2D eigenvalue weighted by molar-refractivity contribution is 5.82. The number of rotatable bonds is 7. The quantitative estimate of drug-likeness (QED) is 0.833. The van der Waals surface area contributed by atoms with E-state index in [9.17, 15) is 14.7 Å². The van der Waals surface area contributed by atoms with Crippen molar-refractivity contribution in [2.24, 2.45) is 11.3 Å². The molecule has 2 fully saturated rings. The van der Waals surface area contributed by atoms with Gasteiger partial charge in [0.1, 0.15) is 0 Å². The maximum absolute atomic E-state index is 12.4. The van der Waals surface area contributed by atoms with Crippen molar-refractivity contribution < 1.29 is 19.4 Å². The van der Waals surface area contributed by atoms with E-state index in [0.29, 0.717) is 32.7 Å². The first-order valence-electron chi connectivity index (χ1n) is 8.70. The molecule has 1 aliphatic carbocycles. The molecule has 1 amide bonds. The second-order valence-electron chi connectivity index (χ2n) is 7.10. The Hall–Kier alpha value is -1.88. The van der Waals surface area contributed by atoms with Gasteiger partial charge in [-0.2, -0.15) is 0 Å². The lowest BCUT2D eigenvalue weighted by atomic mass is 9.85. The summed E-state index contributed by atoms with van der Waals surface area (Å²) < 4.78 is 5.25. The topological polar surface area (TPSA) is 66.8 Å². The van der Waals surface area contributed by atoms with Gasteiger partial charge in [0.05, 0.1) is 19.1 Å². The first kappa shape index (κ1) is 17.0. The van der Waals surface area contributed by atoms with Crippen molar-refractivity contribution >= 4 is 11.9 Å². The Labute approximate surface area is 142 Å². The fourth-order valence-corrected chi connectivity index (χ4v) is 3.58. The van der Waals surface area contributed by atoms with Crippen LogP contribution in [0.2, 0.25) is 0 Å². The Morgan fingerprint density at radius 1 is 1.17 bits per heavy atom. The number of carbonyl (C=O) groups is 2. The van der Waals surface area contributed by atoms with Gasteiger partial charge in [0, 0.05) is 19.5 Å². The highest BCUT2D eigenvalue weighted by Crippen LogP contribution is 2.53. The van der Waals surface area contributed by atoms with Gasteiger partial charge in [0.2, 0.25) is 5.91 Å². The highest BCUT2D eigenvalue weighted by Gasteiger charge is 2.45. The number of benzene rings is 1. The molecule has 130 valence electrons. The minimum absolute atomic E-state index is 0.0544. The molecule has 1 atom stereocenters. The molecule has 0 radical (unpaired) electrons. The molecular weight excluding hydrogens is 306 g/mol. The van der Waals surface area contributed by atoms with Gasteiger partial charge in [-0.05, 0) is 36.7 Å². The third kappa shape index (κ3) is 4.35. The monoisotopic (exact) mass is 331 g/mol. The number of hydrogen-bond donors (Lipinski definition) is 1. The molecule has 1 aromatic carbocycles. The van der Waals surface area contributed by atoms with Crippen molar-refractivity contribution in [3.63, 3.8) is 0 Å². The molecule has 3 rings (SSSR count). The number of carboxylic acid groups (broad SMARTS) is 1. The van der Waals surface area contributed by atoms with Crippen molar-refractivity contribution in [1.82, 2.24) is 4.90 Å². The molecule has 0 aromatic heterocycles. The fourth-order valence-electron chi connectivity index (χ4n) is 3.58. The zero-order chi connectivity index (χ0) is 17.0. The molecule has 0 bridgehead atoms. The molecule has 24 heavy (non-hydrogen) atoms. The fraction of sp³-hybridized carbons (Fsp3) is 0.579. The van der Waals surface area contributed by atoms with E-state index in [2.05, 4.69) is 12.1 Å². The van der Waals surface area contributed by atoms with E-state index in [0.717, 1.165) is 19.3 Å². The summed E-state index contributed by atoms with van der Waals surface area (Å²) in [6, 6.07) is 10.2. The molecule has 1 N–H and O–H groups in total. The van der Waals surface area contributed by atoms with E-state index in [1.807, 2.05) is 18.2 Å². The van der Waals surface area contributed by atoms with Crippen molar-refractivity contribution in [2.75, 3.05) is 26.3 Å². The molecule has 1 heterocycles. The van der Waals surface area contributed by atoms with Crippen LogP contribution in [0.4, 0.5) is 0 Å². The Morgan fingerprint density at radius 2 is 1.83 bits per heavy atom. The summed E-state index contributed by atoms with van der Waals surface area (Å²) in [5, 5.41) is 9.58. The summed E-state index contributed by atoms with van der Waals surface area (Å²) in [6.07, 6.45) is 3.71. The predicted molar refractivity (Wildman–Crippen MR) is 89.6 cm³/mol. The maximum Gasteiger partial charge on any atom is 0.307 e. The minimum Gasteiger partial charge on any atom is -0.481 e. The molecule has 1 saturated carbocycles. The van der Waals surface area contributed by atoms with Crippen LogP contribution in [0.5, 0.6) is 0 Å². The zero-order valence-corrected chi connectivity index (χ0v) is 13.9. The number of carboxylic acids is 1. The van der Waals surface area contributed by atoms with Crippen molar-refractivity contribution in [2.45, 2.75) is 32.1 Å². The van der Waals surface area contributed by atoms with Gasteiger partial charge in [-0.25, -0.2) is 0 Å². The summed E-state index contributed by atoms with van der Waals surface area (Å²) >= 11 is 0. The van der Waals surface area contributed by atoms with Gasteiger partial charge < -0.3 is 14.7 Å². The Bertz CT molecular complexity index is 576. The zero-order valence-electron chi connectivity index (χ0n) is 13.9. The maximum atomic E-state index is 12.4. The van der Waals surface area contributed by atoms with Crippen LogP contribution in [-0.2, 0) is 20.7 Å². The van der Waals surface area contributed by atoms with Gasteiger partial charge >= 0.3 is 5.97 Å². The van der Waals surface area contributed by atoms with Crippen LogP contribution in [-0.4, -0.2) is 48.2 Å². The van der Waals surface area contributed by atoms with Gasteiger partial charge in [0.25, 0.3) is 0 Å². The van der Waals surface area contributed by atoms with Crippen molar-refractivity contribution in [3.05, 3.63) is 35.9 Å². The number of ether oxygens (including phenoxy) is 1. The smallest absolute Gasteiger partial charge is 0.307 e. The average Bonchev–Trinajstić information content (AvgIpc) is 3.35. The molecule has 1 aliphatic heterocycles. The van der Waals surface area contributed by atoms with Crippen LogP contribution < -0.4 is 0 Å². The van der Waals surface area contributed by atoms with Crippen molar-refractivity contribution in [1.29, 1.82) is 0 Å². The lowest BCUT2D eigenvalue weighted by molar-refractivity contribution is -0.148. The van der Waals surface area contributed by atoms with E-state index in [4.69, 9.17) is 4.74 Å². The van der Waals surface area contributed by atoms with Crippen LogP contribution in [0.1, 0.15) is 31.2 Å². The third-order valence-electron chi connectivity index (χ3n) is 5.19. The highest BCUT2D eigenvalue weighted by atomic mass is 16.5. The summed E-state index contributed by atoms with van der Waals surface area (Å²) in [7, 11) is 0. The second-order valence-corrected chi connectivity index (χ2v) is 7.10. The lowest BCUT2D eigenvalue weighted by Gasteiger charge is -2.28. The lowest BCUT2D eigenvalue weighted by Crippen LogP contribution is -2.42. The molecule has 5 nitrogen and oxygen atoms in total. The molecular formula is C19H25NO4. The molecule has 2 aliphatic rings. The average molecular weight is 331 g/mol. The van der Waals surface area contributed by atoms with Crippen LogP contribution in [0.3, 0.4) is 0 Å². The van der Waals surface area contributed by atoms with Gasteiger partial charge in [0.15, 0.2) is 0 Å². The van der Waals surface area contributed by atoms with E-state index >= 15 is 0 Å². The van der Waals surface area contributed by atoms with E-state index in [1.165, 1.54) is 5.56 Å². The van der Waals surface area contributed by atoms with Crippen molar-refractivity contribution in [3.8, 4) is 0 Å². The van der Waals surface area contributed by atoms with E-state index < -0.39 is 11.9 Å². The summed E-state index contributed by atoms with van der Waals surface area (Å²) in [5.41, 5.74) is 1.31. The van der Waals surface area contributed by atoms with Gasteiger partial charge in [-0.15, -0.1) is 0 Å². The van der Waals surface area contributed by atoms with Crippen LogP contribution >= 0.6 is 0 Å². The summed E-state index contributed by atoms with van der Waals surface area (Å²) in [4.78, 5) is 25.8. The summed E-state index contributed by atoms with van der Waals surface area (Å²) in [6.45, 7) is 2.23. The predicted octanol–water partition coefficient (Wildman–Crippen LogP) is 2.35. The minimum atomic E-state index is -0.851. The first-order valence-corrected chi connectivity index (χ1v) is 8.70. The molecule has 1 saturated heterocycles. The molecule has 1 aromatic rings. The molecule has 5 heteroatoms. The summed E-state index contributed by atoms with van der Waals surface area (Å²) in [5.74, 6) is -1.50. The van der Waals surface area contributed by atoms with Gasteiger partial charge in [-0.3, -0.25) is 9.59 Å². The number of amides is 1. The first-order chi connectivity index (χ1) is 11.6. The Balaban J connectivity index is 1.59. The molecule has 0 spiro atoms. The van der Waals surface area contributed by atoms with Crippen LogP contribution in [0, 0.1) is 11.3 Å². The van der Waals surface area contributed by atoms with E-state index in [-0.39, 0.29) is 17.7 Å². The number of aliphatic carboxylic acids is 1. The second kappa shape index (κ2) is 7.34. The Morgan fingerprint density at radius 3 is 2.42 bits per heavy atom. The number of morpholine rings is 1. The third-order valence-corrected chi connectivity index (χ3v) is 5.19. The van der Waals surface area contributed by atoms with Crippen LogP contribution in [0.25, 0.3) is 0 Å².